The van der Waals surface area contributed by atoms with Gasteiger partial charge in [0.25, 0.3) is 5.91 Å². The van der Waals surface area contributed by atoms with Crippen LogP contribution in [0.4, 0.5) is 5.69 Å². The first-order valence-electron chi connectivity index (χ1n) is 8.30. The molecule has 0 saturated heterocycles. The number of thiazole rings is 1. The van der Waals surface area contributed by atoms with Crippen molar-refractivity contribution >= 4 is 22.9 Å². The van der Waals surface area contributed by atoms with Crippen LogP contribution in [-0.4, -0.2) is 24.0 Å². The summed E-state index contributed by atoms with van der Waals surface area (Å²) in [6.07, 6.45) is 0.832. The van der Waals surface area contributed by atoms with Gasteiger partial charge in [-0.05, 0) is 30.7 Å². The fraction of sp³-hybridized carbons (Fsp3) is 0.200. The van der Waals surface area contributed by atoms with E-state index in [1.54, 1.807) is 16.2 Å². The number of carbonyl (C=O) groups excluding carboxylic acids is 1. The molecule has 0 saturated carbocycles. The number of likely N-dealkylation sites (N-methyl/N-ethyl adjacent to an activating group) is 1. The van der Waals surface area contributed by atoms with Crippen molar-refractivity contribution in [3.8, 4) is 17.0 Å². The molecule has 0 radical (unpaired) electrons. The quantitative estimate of drug-likeness (QED) is 0.710. The molecule has 0 bridgehead atoms. The standard InChI is InChI=1S/C20H18N2O2S/c1-2-22-17-11-15(8-9-18(17)24-12-20(22)23)16-13-25-19(21-16)10-14-6-4-3-5-7-14/h3-9,11,13H,2,10,12H2,1H3. The van der Waals surface area contributed by atoms with Gasteiger partial charge in [0, 0.05) is 23.9 Å². The minimum absolute atomic E-state index is 0.00445. The van der Waals surface area contributed by atoms with E-state index in [0.717, 1.165) is 34.1 Å². The van der Waals surface area contributed by atoms with Crippen molar-refractivity contribution in [2.75, 3.05) is 18.1 Å². The molecule has 1 aliphatic heterocycles. The minimum atomic E-state index is -0.00445. The maximum atomic E-state index is 12.0. The molecule has 4 rings (SSSR count). The zero-order chi connectivity index (χ0) is 17.2. The van der Waals surface area contributed by atoms with Crippen molar-refractivity contribution in [3.05, 3.63) is 64.5 Å². The molecule has 1 aliphatic rings. The summed E-state index contributed by atoms with van der Waals surface area (Å²) >= 11 is 1.66. The van der Waals surface area contributed by atoms with Gasteiger partial charge in [0.1, 0.15) is 5.75 Å². The Bertz CT molecular complexity index is 905. The third kappa shape index (κ3) is 3.15. The molecule has 0 atom stereocenters. The molecule has 0 unspecified atom stereocenters. The molecule has 3 aromatic rings. The largest absolute Gasteiger partial charge is 0.482 e. The second-order valence-corrected chi connectivity index (χ2v) is 6.84. The van der Waals surface area contributed by atoms with Crippen LogP contribution in [0.15, 0.2) is 53.9 Å². The summed E-state index contributed by atoms with van der Waals surface area (Å²) in [6.45, 7) is 2.72. The Kier molecular flexibility index (Phi) is 4.24. The predicted molar refractivity (Wildman–Crippen MR) is 100 cm³/mol. The van der Waals surface area contributed by atoms with Crippen molar-refractivity contribution in [2.24, 2.45) is 0 Å². The van der Waals surface area contributed by atoms with E-state index < -0.39 is 0 Å². The molecular weight excluding hydrogens is 332 g/mol. The number of hydrogen-bond acceptors (Lipinski definition) is 4. The maximum absolute atomic E-state index is 12.0. The summed E-state index contributed by atoms with van der Waals surface area (Å²) in [6, 6.07) is 16.3. The van der Waals surface area contributed by atoms with E-state index in [-0.39, 0.29) is 12.5 Å². The second kappa shape index (κ2) is 6.69. The Morgan fingerprint density at radius 2 is 2.04 bits per heavy atom. The van der Waals surface area contributed by atoms with Crippen molar-refractivity contribution in [1.29, 1.82) is 0 Å². The highest BCUT2D eigenvalue weighted by atomic mass is 32.1. The van der Waals surface area contributed by atoms with Crippen LogP contribution in [0.3, 0.4) is 0 Å². The van der Waals surface area contributed by atoms with E-state index in [9.17, 15) is 4.79 Å². The molecule has 0 spiro atoms. The number of fused-ring (bicyclic) bond motifs is 1. The summed E-state index contributed by atoms with van der Waals surface area (Å²) in [5.41, 5.74) is 4.03. The smallest absolute Gasteiger partial charge is 0.265 e. The molecule has 2 heterocycles. The van der Waals surface area contributed by atoms with Gasteiger partial charge in [0.15, 0.2) is 6.61 Å². The highest BCUT2D eigenvalue weighted by molar-refractivity contribution is 7.10. The highest BCUT2D eigenvalue weighted by Crippen LogP contribution is 2.36. The molecule has 4 nitrogen and oxygen atoms in total. The Morgan fingerprint density at radius 1 is 1.20 bits per heavy atom. The fourth-order valence-corrected chi connectivity index (χ4v) is 3.84. The van der Waals surface area contributed by atoms with Gasteiger partial charge in [-0.1, -0.05) is 30.3 Å². The van der Waals surface area contributed by atoms with Crippen LogP contribution in [0, 0.1) is 0 Å². The topological polar surface area (TPSA) is 42.4 Å². The molecule has 0 fully saturated rings. The molecule has 0 aliphatic carbocycles. The fourth-order valence-electron chi connectivity index (χ4n) is 3.00. The lowest BCUT2D eigenvalue weighted by Gasteiger charge is -2.28. The van der Waals surface area contributed by atoms with Crippen LogP contribution >= 0.6 is 11.3 Å². The van der Waals surface area contributed by atoms with E-state index in [2.05, 4.69) is 17.5 Å². The number of aromatic nitrogens is 1. The first kappa shape index (κ1) is 15.8. The van der Waals surface area contributed by atoms with Crippen LogP contribution < -0.4 is 9.64 Å². The monoisotopic (exact) mass is 350 g/mol. The lowest BCUT2D eigenvalue weighted by molar-refractivity contribution is -0.121. The minimum Gasteiger partial charge on any atom is -0.482 e. The molecule has 1 aromatic heterocycles. The second-order valence-electron chi connectivity index (χ2n) is 5.90. The molecule has 25 heavy (non-hydrogen) atoms. The third-order valence-corrected chi connectivity index (χ3v) is 5.11. The van der Waals surface area contributed by atoms with Gasteiger partial charge in [-0.2, -0.15) is 0 Å². The first-order valence-corrected chi connectivity index (χ1v) is 9.18. The Hall–Kier alpha value is -2.66. The number of carbonyl (C=O) groups is 1. The molecule has 0 N–H and O–H groups in total. The maximum Gasteiger partial charge on any atom is 0.265 e. The number of benzene rings is 2. The molecular formula is C20H18N2O2S. The molecule has 126 valence electrons. The van der Waals surface area contributed by atoms with Crippen LogP contribution in [0.1, 0.15) is 17.5 Å². The van der Waals surface area contributed by atoms with Gasteiger partial charge in [-0.25, -0.2) is 4.98 Å². The molecule has 1 amide bonds. The summed E-state index contributed by atoms with van der Waals surface area (Å²) in [5.74, 6) is 0.750. The normalized spacial score (nSPS) is 13.5. The Balaban J connectivity index is 1.63. The van der Waals surface area contributed by atoms with Gasteiger partial charge in [0.05, 0.1) is 16.4 Å². The van der Waals surface area contributed by atoms with E-state index in [0.29, 0.717) is 6.54 Å². The highest BCUT2D eigenvalue weighted by Gasteiger charge is 2.24. The number of ether oxygens (including phenoxy) is 1. The number of hydrogen-bond donors (Lipinski definition) is 0. The SMILES string of the molecule is CCN1C(=O)COc2ccc(-c3csc(Cc4ccccc4)n3)cc21. The van der Waals surface area contributed by atoms with Crippen molar-refractivity contribution in [2.45, 2.75) is 13.3 Å². The average molecular weight is 350 g/mol. The Labute approximate surface area is 150 Å². The molecule has 2 aromatic carbocycles. The number of anilines is 1. The summed E-state index contributed by atoms with van der Waals surface area (Å²) in [5, 5.41) is 3.15. The average Bonchev–Trinajstić information content (AvgIpc) is 3.10. The third-order valence-electron chi connectivity index (χ3n) is 4.26. The Morgan fingerprint density at radius 3 is 2.84 bits per heavy atom. The van der Waals surface area contributed by atoms with Gasteiger partial charge in [0.2, 0.25) is 0 Å². The van der Waals surface area contributed by atoms with Gasteiger partial charge in [-0.3, -0.25) is 4.79 Å². The van der Waals surface area contributed by atoms with Crippen molar-refractivity contribution in [1.82, 2.24) is 4.98 Å². The number of rotatable bonds is 4. The number of amides is 1. The van der Waals surface area contributed by atoms with Crippen LogP contribution in [0.5, 0.6) is 5.75 Å². The zero-order valence-electron chi connectivity index (χ0n) is 13.9. The zero-order valence-corrected chi connectivity index (χ0v) is 14.8. The summed E-state index contributed by atoms with van der Waals surface area (Å²) in [7, 11) is 0. The van der Waals surface area contributed by atoms with Crippen molar-refractivity contribution < 1.29 is 9.53 Å². The number of nitrogens with zero attached hydrogens (tertiary/aromatic N) is 2. The first-order chi connectivity index (χ1) is 12.2. The lowest BCUT2D eigenvalue weighted by Crippen LogP contribution is -2.38. The predicted octanol–water partition coefficient (Wildman–Crippen LogP) is 4.15. The summed E-state index contributed by atoms with van der Waals surface area (Å²) < 4.78 is 5.53. The van der Waals surface area contributed by atoms with Gasteiger partial charge in [-0.15, -0.1) is 11.3 Å². The molecule has 5 heteroatoms. The lowest BCUT2D eigenvalue weighted by atomic mass is 10.1. The van der Waals surface area contributed by atoms with E-state index in [4.69, 9.17) is 9.72 Å². The van der Waals surface area contributed by atoms with Crippen molar-refractivity contribution in [3.63, 3.8) is 0 Å². The van der Waals surface area contributed by atoms with Gasteiger partial charge >= 0.3 is 0 Å². The van der Waals surface area contributed by atoms with Gasteiger partial charge < -0.3 is 9.64 Å². The van der Waals surface area contributed by atoms with E-state index in [1.807, 2.05) is 43.3 Å². The van der Waals surface area contributed by atoms with E-state index >= 15 is 0 Å². The van der Waals surface area contributed by atoms with Crippen LogP contribution in [0.25, 0.3) is 11.3 Å². The van der Waals surface area contributed by atoms with E-state index in [1.165, 1.54) is 5.56 Å². The van der Waals surface area contributed by atoms with Crippen LogP contribution in [-0.2, 0) is 11.2 Å². The van der Waals surface area contributed by atoms with Crippen LogP contribution in [0.2, 0.25) is 0 Å². The summed E-state index contributed by atoms with van der Waals surface area (Å²) in [4.78, 5) is 18.6.